The fourth-order valence-corrected chi connectivity index (χ4v) is 3.98. The van der Waals surface area contributed by atoms with Gasteiger partial charge in [-0.25, -0.2) is 13.8 Å². The van der Waals surface area contributed by atoms with Crippen LogP contribution in [0.1, 0.15) is 67.7 Å². The lowest BCUT2D eigenvalue weighted by Crippen LogP contribution is -2.41. The molecule has 1 fully saturated rings. The van der Waals surface area contributed by atoms with E-state index < -0.39 is 36.1 Å². The maximum absolute atomic E-state index is 15.0. The van der Waals surface area contributed by atoms with Gasteiger partial charge in [-0.3, -0.25) is 4.79 Å². The number of pyridine rings is 1. The van der Waals surface area contributed by atoms with Crippen molar-refractivity contribution in [3.63, 3.8) is 0 Å². The van der Waals surface area contributed by atoms with Gasteiger partial charge in [0.05, 0.1) is 28.4 Å². The number of hydrogen-bond acceptors (Lipinski definition) is 6. The number of benzene rings is 2. The smallest absolute Gasteiger partial charge is 0.399 e. The fraction of sp³-hybridized carbons (Fsp3) is 0.321. The van der Waals surface area contributed by atoms with Crippen LogP contribution in [0.4, 0.5) is 14.6 Å². The van der Waals surface area contributed by atoms with Gasteiger partial charge in [0.25, 0.3) is 5.91 Å². The van der Waals surface area contributed by atoms with Crippen molar-refractivity contribution in [2.75, 3.05) is 5.32 Å². The van der Waals surface area contributed by atoms with Gasteiger partial charge in [0.2, 0.25) is 0 Å². The summed E-state index contributed by atoms with van der Waals surface area (Å²) >= 11 is 0. The molecule has 10 heteroatoms. The van der Waals surface area contributed by atoms with E-state index in [-0.39, 0.29) is 29.3 Å². The summed E-state index contributed by atoms with van der Waals surface area (Å²) in [5, 5.41) is 15.2. The molecule has 1 atom stereocenters. The van der Waals surface area contributed by atoms with Gasteiger partial charge >= 0.3 is 7.12 Å². The maximum Gasteiger partial charge on any atom is 0.497 e. The number of anilines is 1. The number of nitrogens with zero attached hydrogens (tertiary/aromatic N) is 2. The molecule has 1 aromatic heterocycles. The summed E-state index contributed by atoms with van der Waals surface area (Å²) in [4.78, 5) is 17.3. The third-order valence-electron chi connectivity index (χ3n) is 7.01. The Kier molecular flexibility index (Phi) is 7.54. The van der Waals surface area contributed by atoms with Gasteiger partial charge in [-0.05, 0) is 70.0 Å². The highest BCUT2D eigenvalue weighted by molar-refractivity contribution is 6.62. The molecule has 7 nitrogen and oxygen atoms in total. The number of aromatic nitrogens is 1. The Balaban J connectivity index is 1.49. The van der Waals surface area contributed by atoms with Crippen molar-refractivity contribution in [1.29, 1.82) is 5.26 Å². The predicted molar refractivity (Wildman–Crippen MR) is 141 cm³/mol. The van der Waals surface area contributed by atoms with E-state index in [0.29, 0.717) is 11.0 Å². The molecular weight excluding hydrogens is 489 g/mol. The molecule has 4 rings (SSSR count). The predicted octanol–water partition coefficient (Wildman–Crippen LogP) is 4.63. The molecule has 38 heavy (non-hydrogen) atoms. The number of nitrogens with one attached hydrogen (secondary N) is 2. The second-order valence-electron chi connectivity index (χ2n) is 10.3. The first kappa shape index (κ1) is 27.2. The van der Waals surface area contributed by atoms with Crippen LogP contribution in [0.2, 0.25) is 0 Å². The van der Waals surface area contributed by atoms with Crippen LogP contribution < -0.4 is 16.1 Å². The second-order valence-corrected chi connectivity index (χ2v) is 10.3. The van der Waals surface area contributed by atoms with Gasteiger partial charge in [0.15, 0.2) is 0 Å². The molecule has 196 valence electrons. The molecule has 1 unspecified atom stereocenters. The maximum atomic E-state index is 15.0. The topological polar surface area (TPSA) is 96.3 Å². The largest absolute Gasteiger partial charge is 0.497 e. The minimum Gasteiger partial charge on any atom is -0.399 e. The molecule has 0 bridgehead atoms. The van der Waals surface area contributed by atoms with Crippen LogP contribution >= 0.6 is 0 Å². The highest BCUT2D eigenvalue weighted by atomic mass is 19.1. The zero-order valence-corrected chi connectivity index (χ0v) is 21.9. The highest BCUT2D eigenvalue weighted by Gasteiger charge is 2.52. The highest BCUT2D eigenvalue weighted by Crippen LogP contribution is 2.36. The third-order valence-corrected chi connectivity index (χ3v) is 7.01. The van der Waals surface area contributed by atoms with Crippen LogP contribution in [0.5, 0.6) is 0 Å². The van der Waals surface area contributed by atoms with Crippen LogP contribution in [-0.4, -0.2) is 29.2 Å². The first-order chi connectivity index (χ1) is 17.9. The lowest BCUT2D eigenvalue weighted by atomic mass is 9.78. The number of rotatable bonds is 7. The van der Waals surface area contributed by atoms with E-state index in [0.717, 1.165) is 5.56 Å². The second kappa shape index (κ2) is 10.5. The third kappa shape index (κ3) is 5.69. The van der Waals surface area contributed by atoms with Crippen molar-refractivity contribution < 1.29 is 22.9 Å². The summed E-state index contributed by atoms with van der Waals surface area (Å²) < 4.78 is 40.2. The average molecular weight is 518 g/mol. The van der Waals surface area contributed by atoms with E-state index in [2.05, 4.69) is 15.6 Å². The van der Waals surface area contributed by atoms with Crippen LogP contribution in [-0.2, 0) is 15.9 Å². The molecule has 1 aliphatic rings. The van der Waals surface area contributed by atoms with E-state index in [4.69, 9.17) is 9.31 Å². The number of amides is 1. The molecule has 2 N–H and O–H groups in total. The SMILES string of the molecule is CC(NC(=O)c1cc(C#N)cnc1NCc1ccc(B2OC(C)(C)C(C)(C)O2)c(F)c1)c1ccc(F)cc1. The van der Waals surface area contributed by atoms with Gasteiger partial charge in [-0.2, -0.15) is 5.26 Å². The standard InChI is InChI=1S/C28H29BF2N4O3/c1-17(20-7-9-21(30)10-8-20)35-26(36)22-12-19(14-32)16-34-25(22)33-15-18-6-11-23(24(31)13-18)29-37-27(2,3)28(4,5)38-29/h6-13,16-17H,15H2,1-5H3,(H,33,34)(H,35,36). The summed E-state index contributed by atoms with van der Waals surface area (Å²) in [6.07, 6.45) is 1.35. The first-order valence-electron chi connectivity index (χ1n) is 12.2. The Morgan fingerprint density at radius 3 is 2.34 bits per heavy atom. The molecule has 2 heterocycles. The monoisotopic (exact) mass is 518 g/mol. The van der Waals surface area contributed by atoms with Crippen LogP contribution in [0, 0.1) is 23.0 Å². The minimum absolute atomic E-state index is 0.160. The number of carbonyl (C=O) groups is 1. The van der Waals surface area contributed by atoms with Crippen molar-refractivity contribution >= 4 is 24.3 Å². The molecule has 0 radical (unpaired) electrons. The van der Waals surface area contributed by atoms with Crippen molar-refractivity contribution in [2.45, 2.75) is 58.4 Å². The van der Waals surface area contributed by atoms with Gasteiger partial charge in [0, 0.05) is 18.2 Å². The summed E-state index contributed by atoms with van der Waals surface area (Å²) in [6, 6.07) is 13.6. The zero-order valence-electron chi connectivity index (χ0n) is 21.9. The van der Waals surface area contributed by atoms with Gasteiger partial charge in [-0.1, -0.05) is 24.3 Å². The molecule has 1 aliphatic heterocycles. The number of carbonyl (C=O) groups excluding carboxylic acids is 1. The number of nitriles is 1. The molecule has 0 aliphatic carbocycles. The van der Waals surface area contributed by atoms with Gasteiger partial charge in [0.1, 0.15) is 23.5 Å². The lowest BCUT2D eigenvalue weighted by molar-refractivity contribution is 0.00578. The fourth-order valence-electron chi connectivity index (χ4n) is 3.98. The molecule has 1 saturated heterocycles. The Morgan fingerprint density at radius 2 is 1.74 bits per heavy atom. The van der Waals surface area contributed by atoms with Crippen LogP contribution in [0.3, 0.4) is 0 Å². The van der Waals surface area contributed by atoms with E-state index in [1.165, 1.54) is 30.5 Å². The Labute approximate surface area is 221 Å². The molecule has 0 saturated carbocycles. The van der Waals surface area contributed by atoms with Crippen molar-refractivity contribution in [3.8, 4) is 6.07 Å². The van der Waals surface area contributed by atoms with Crippen LogP contribution in [0.15, 0.2) is 54.7 Å². The molecule has 2 aromatic carbocycles. The summed E-state index contributed by atoms with van der Waals surface area (Å²) in [5.74, 6) is -1.06. The van der Waals surface area contributed by atoms with E-state index in [9.17, 15) is 14.4 Å². The Morgan fingerprint density at radius 1 is 1.08 bits per heavy atom. The number of halogens is 2. The normalized spacial score (nSPS) is 16.5. The summed E-state index contributed by atoms with van der Waals surface area (Å²) in [7, 11) is -0.819. The van der Waals surface area contributed by atoms with Crippen molar-refractivity contribution in [2.24, 2.45) is 0 Å². The summed E-state index contributed by atoms with van der Waals surface area (Å²) in [6.45, 7) is 9.56. The van der Waals surface area contributed by atoms with Crippen molar-refractivity contribution in [3.05, 3.63) is 88.6 Å². The van der Waals surface area contributed by atoms with Gasteiger partial charge in [-0.15, -0.1) is 0 Å². The Bertz CT molecular complexity index is 1370. The molecule has 0 spiro atoms. The first-order valence-corrected chi connectivity index (χ1v) is 12.2. The molecule has 1 amide bonds. The zero-order chi connectivity index (χ0) is 27.7. The van der Waals surface area contributed by atoms with Gasteiger partial charge < -0.3 is 19.9 Å². The van der Waals surface area contributed by atoms with E-state index >= 15 is 4.39 Å². The lowest BCUT2D eigenvalue weighted by Gasteiger charge is -2.32. The van der Waals surface area contributed by atoms with Crippen molar-refractivity contribution in [1.82, 2.24) is 10.3 Å². The number of hydrogen-bond donors (Lipinski definition) is 2. The van der Waals surface area contributed by atoms with Crippen LogP contribution in [0.25, 0.3) is 0 Å². The van der Waals surface area contributed by atoms with E-state index in [1.807, 2.05) is 33.8 Å². The average Bonchev–Trinajstić information content (AvgIpc) is 3.09. The Hall–Kier alpha value is -3.81. The molecule has 3 aromatic rings. The minimum atomic E-state index is -0.819. The summed E-state index contributed by atoms with van der Waals surface area (Å²) in [5.41, 5.74) is 0.836. The van der Waals surface area contributed by atoms with E-state index in [1.54, 1.807) is 31.2 Å². The molecular formula is C28H29BF2N4O3. The quantitative estimate of drug-likeness (QED) is 0.443.